The summed E-state index contributed by atoms with van der Waals surface area (Å²) in [4.78, 5) is 27.3. The van der Waals surface area contributed by atoms with Crippen molar-refractivity contribution in [2.75, 3.05) is 6.54 Å². The minimum Gasteiger partial charge on any atom is -0.438 e. The van der Waals surface area contributed by atoms with Crippen molar-refractivity contribution in [3.63, 3.8) is 0 Å². The molecular formula is C15H16ClN3O3. The number of fused-ring (bicyclic) bond motifs is 1. The number of aromatic nitrogens is 1. The largest absolute Gasteiger partial charge is 0.438 e. The molecule has 0 aliphatic rings. The van der Waals surface area contributed by atoms with Gasteiger partial charge in [-0.15, -0.1) is 0 Å². The van der Waals surface area contributed by atoms with Crippen molar-refractivity contribution in [2.24, 2.45) is 0 Å². The minimum atomic E-state index is -0.832. The number of nitrogens with zero attached hydrogens (tertiary/aromatic N) is 1. The van der Waals surface area contributed by atoms with Gasteiger partial charge in [-0.05, 0) is 32.1 Å². The smallest absolute Gasteiger partial charge is 0.243 e. The SMILES string of the molecule is C=CC(=O)NCC(=O)NC(C)(C)c1nc2ccc(Cl)cc2o1. The number of carbonyl (C=O) groups is 2. The second kappa shape index (κ2) is 6.19. The lowest BCUT2D eigenvalue weighted by Crippen LogP contribution is -2.45. The number of carbonyl (C=O) groups excluding carboxylic acids is 2. The number of hydrogen-bond acceptors (Lipinski definition) is 4. The molecule has 1 heterocycles. The van der Waals surface area contributed by atoms with E-state index in [1.54, 1.807) is 32.0 Å². The van der Waals surface area contributed by atoms with Gasteiger partial charge in [-0.2, -0.15) is 0 Å². The van der Waals surface area contributed by atoms with Gasteiger partial charge in [0.25, 0.3) is 0 Å². The van der Waals surface area contributed by atoms with Gasteiger partial charge in [0.1, 0.15) is 11.1 Å². The molecule has 7 heteroatoms. The number of oxazole rings is 1. The molecule has 2 aromatic rings. The molecule has 2 N–H and O–H groups in total. The molecule has 0 saturated carbocycles. The van der Waals surface area contributed by atoms with E-state index in [9.17, 15) is 9.59 Å². The summed E-state index contributed by atoms with van der Waals surface area (Å²) in [5.74, 6) is -0.418. The highest BCUT2D eigenvalue weighted by Gasteiger charge is 2.28. The molecule has 0 aliphatic carbocycles. The molecule has 0 fully saturated rings. The molecule has 1 aromatic heterocycles. The van der Waals surface area contributed by atoms with E-state index in [1.165, 1.54) is 0 Å². The van der Waals surface area contributed by atoms with Crippen LogP contribution in [-0.2, 0) is 15.1 Å². The summed E-state index contributed by atoms with van der Waals surface area (Å²) in [5, 5.41) is 5.70. The second-order valence-electron chi connectivity index (χ2n) is 5.23. The van der Waals surface area contributed by atoms with Crippen LogP contribution in [0.5, 0.6) is 0 Å². The predicted octanol–water partition coefficient (Wildman–Crippen LogP) is 2.13. The van der Waals surface area contributed by atoms with Gasteiger partial charge in [-0.3, -0.25) is 9.59 Å². The van der Waals surface area contributed by atoms with Crippen LogP contribution in [0.4, 0.5) is 0 Å². The van der Waals surface area contributed by atoms with Crippen LogP contribution in [0.15, 0.2) is 35.3 Å². The van der Waals surface area contributed by atoms with E-state index < -0.39 is 11.4 Å². The number of hydrogen-bond donors (Lipinski definition) is 2. The Morgan fingerprint density at radius 2 is 2.18 bits per heavy atom. The molecule has 2 rings (SSSR count). The first-order chi connectivity index (χ1) is 10.3. The van der Waals surface area contributed by atoms with Crippen molar-refractivity contribution >= 4 is 34.5 Å². The van der Waals surface area contributed by atoms with Gasteiger partial charge in [0.2, 0.25) is 17.7 Å². The topological polar surface area (TPSA) is 84.2 Å². The fourth-order valence-electron chi connectivity index (χ4n) is 1.85. The summed E-state index contributed by atoms with van der Waals surface area (Å²) in [6.45, 7) is 6.67. The van der Waals surface area contributed by atoms with Gasteiger partial charge in [0.05, 0.1) is 6.54 Å². The first-order valence-electron chi connectivity index (χ1n) is 6.59. The number of amides is 2. The fraction of sp³-hybridized carbons (Fsp3) is 0.267. The molecule has 116 valence electrons. The quantitative estimate of drug-likeness (QED) is 0.826. The molecular weight excluding hydrogens is 306 g/mol. The summed E-state index contributed by atoms with van der Waals surface area (Å²) in [6.07, 6.45) is 1.10. The molecule has 2 amide bonds. The van der Waals surface area contributed by atoms with E-state index in [4.69, 9.17) is 16.0 Å². The summed E-state index contributed by atoms with van der Waals surface area (Å²) >= 11 is 5.91. The van der Waals surface area contributed by atoms with Crippen molar-refractivity contribution in [1.29, 1.82) is 0 Å². The number of rotatable bonds is 5. The lowest BCUT2D eigenvalue weighted by Gasteiger charge is -2.22. The highest BCUT2D eigenvalue weighted by Crippen LogP contribution is 2.26. The molecule has 6 nitrogen and oxygen atoms in total. The molecule has 22 heavy (non-hydrogen) atoms. The molecule has 0 bridgehead atoms. The highest BCUT2D eigenvalue weighted by molar-refractivity contribution is 6.31. The zero-order valence-corrected chi connectivity index (χ0v) is 13.0. The number of benzene rings is 1. The minimum absolute atomic E-state index is 0.152. The lowest BCUT2D eigenvalue weighted by atomic mass is 10.1. The zero-order valence-electron chi connectivity index (χ0n) is 12.3. The van der Waals surface area contributed by atoms with E-state index in [0.717, 1.165) is 6.08 Å². The van der Waals surface area contributed by atoms with E-state index in [-0.39, 0.29) is 12.5 Å². The van der Waals surface area contributed by atoms with Crippen LogP contribution in [0.1, 0.15) is 19.7 Å². The Kier molecular flexibility index (Phi) is 4.51. The molecule has 0 atom stereocenters. The van der Waals surface area contributed by atoms with Crippen LogP contribution < -0.4 is 10.6 Å². The average Bonchev–Trinajstić information content (AvgIpc) is 2.88. The van der Waals surface area contributed by atoms with Crippen molar-refractivity contribution in [1.82, 2.24) is 15.6 Å². The molecule has 0 unspecified atom stereocenters. The maximum absolute atomic E-state index is 11.9. The van der Waals surface area contributed by atoms with E-state index in [1.807, 2.05) is 0 Å². The van der Waals surface area contributed by atoms with Crippen LogP contribution in [0.3, 0.4) is 0 Å². The van der Waals surface area contributed by atoms with Crippen LogP contribution >= 0.6 is 11.6 Å². The Bertz CT molecular complexity index is 737. The van der Waals surface area contributed by atoms with Gasteiger partial charge < -0.3 is 15.1 Å². The Morgan fingerprint density at radius 3 is 2.86 bits per heavy atom. The van der Waals surface area contributed by atoms with E-state index in [0.29, 0.717) is 22.0 Å². The van der Waals surface area contributed by atoms with Crippen LogP contribution in [0, 0.1) is 0 Å². The first-order valence-corrected chi connectivity index (χ1v) is 6.97. The maximum atomic E-state index is 11.9. The van der Waals surface area contributed by atoms with Gasteiger partial charge in [0.15, 0.2) is 5.58 Å². The lowest BCUT2D eigenvalue weighted by molar-refractivity contribution is -0.125. The Morgan fingerprint density at radius 1 is 1.45 bits per heavy atom. The van der Waals surface area contributed by atoms with Crippen LogP contribution in [0.2, 0.25) is 5.02 Å². The summed E-state index contributed by atoms with van der Waals surface area (Å²) in [6, 6.07) is 5.12. The van der Waals surface area contributed by atoms with E-state index in [2.05, 4.69) is 22.2 Å². The van der Waals surface area contributed by atoms with Crippen LogP contribution in [0.25, 0.3) is 11.1 Å². The maximum Gasteiger partial charge on any atom is 0.243 e. The summed E-state index contributed by atoms with van der Waals surface area (Å²) in [5.41, 5.74) is 0.369. The van der Waals surface area contributed by atoms with Crippen molar-refractivity contribution in [2.45, 2.75) is 19.4 Å². The molecule has 0 spiro atoms. The monoisotopic (exact) mass is 321 g/mol. The van der Waals surface area contributed by atoms with Gasteiger partial charge >= 0.3 is 0 Å². The van der Waals surface area contributed by atoms with Gasteiger partial charge in [0, 0.05) is 11.1 Å². The van der Waals surface area contributed by atoms with Gasteiger partial charge in [-0.25, -0.2) is 4.98 Å². The molecule has 0 aliphatic heterocycles. The second-order valence-corrected chi connectivity index (χ2v) is 5.66. The third-order valence-corrected chi connectivity index (χ3v) is 3.18. The highest BCUT2D eigenvalue weighted by atomic mass is 35.5. The molecule has 0 radical (unpaired) electrons. The Balaban J connectivity index is 2.12. The molecule has 0 saturated heterocycles. The van der Waals surface area contributed by atoms with Gasteiger partial charge in [-0.1, -0.05) is 18.2 Å². The van der Waals surface area contributed by atoms with E-state index >= 15 is 0 Å². The Hall–Kier alpha value is -2.34. The fourth-order valence-corrected chi connectivity index (χ4v) is 2.01. The first kappa shape index (κ1) is 16.0. The summed E-state index contributed by atoms with van der Waals surface area (Å²) < 4.78 is 5.65. The predicted molar refractivity (Wildman–Crippen MR) is 83.4 cm³/mol. The van der Waals surface area contributed by atoms with Crippen molar-refractivity contribution in [3.8, 4) is 0 Å². The average molecular weight is 322 g/mol. The normalized spacial score (nSPS) is 11.2. The third kappa shape index (κ3) is 3.65. The van der Waals surface area contributed by atoms with Crippen molar-refractivity contribution in [3.05, 3.63) is 41.8 Å². The molecule has 1 aromatic carbocycles. The van der Waals surface area contributed by atoms with Crippen LogP contribution in [-0.4, -0.2) is 23.3 Å². The standard InChI is InChI=1S/C15H16ClN3O3/c1-4-12(20)17-8-13(21)19-15(2,3)14-18-10-6-5-9(16)7-11(10)22-14/h4-7H,1,8H2,2-3H3,(H,17,20)(H,19,21). The Labute approximate surface area is 132 Å². The zero-order chi connectivity index (χ0) is 16.3. The summed E-state index contributed by atoms with van der Waals surface area (Å²) in [7, 11) is 0. The third-order valence-electron chi connectivity index (χ3n) is 2.95. The van der Waals surface area contributed by atoms with Crippen molar-refractivity contribution < 1.29 is 14.0 Å². The number of halogens is 1. The number of nitrogens with one attached hydrogen (secondary N) is 2.